The Hall–Kier alpha value is 0.460. The minimum absolute atomic E-state index is 0.00901. The van der Waals surface area contributed by atoms with Gasteiger partial charge < -0.3 is 28.0 Å². The SMILES string of the molecule is COCC(C)(C)COPN(CCCCCCN(C1CC(C)(C)N(OC)C(C)(C)C1)P1OCC(C)(C)CO1)C1CC(C)(C)N(OC)C(C)(C)C1. The molecule has 10 nitrogen and oxygen atoms in total. The second-order valence-electron chi connectivity index (χ2n) is 19.0. The van der Waals surface area contributed by atoms with Gasteiger partial charge in [-0.1, -0.05) is 40.5 Å². The monoisotopic (exact) mass is 735 g/mol. The van der Waals surface area contributed by atoms with Gasteiger partial charge in [0.15, 0.2) is 0 Å². The van der Waals surface area contributed by atoms with Crippen LogP contribution in [0.5, 0.6) is 0 Å². The Morgan fingerprint density at radius 3 is 1.57 bits per heavy atom. The fourth-order valence-corrected chi connectivity index (χ4v) is 12.1. The molecule has 0 N–H and O–H groups in total. The molecule has 1 atom stereocenters. The Morgan fingerprint density at radius 1 is 0.673 bits per heavy atom. The smallest absolute Gasteiger partial charge is 0.259 e. The van der Waals surface area contributed by atoms with Gasteiger partial charge in [0.05, 0.1) is 49.6 Å². The van der Waals surface area contributed by atoms with E-state index in [0.717, 1.165) is 64.8 Å². The Morgan fingerprint density at radius 2 is 1.12 bits per heavy atom. The number of ether oxygens (including phenoxy) is 1. The standard InChI is InChI=1S/C37H76N4O6P2/c1-32(2,26-42-13)27-45-48-38(30-22-34(5,6)40(43-14)35(7,8)23-30)20-18-16-17-19-21-39(49-46-28-33(3,4)29-47-49)31-24-36(9,10)41(44-15)37(11,12)25-31/h30-31,48H,16-29H2,1-15H3. The lowest BCUT2D eigenvalue weighted by molar-refractivity contribution is -0.270. The van der Waals surface area contributed by atoms with Gasteiger partial charge in [-0.05, 0) is 93.9 Å². The summed E-state index contributed by atoms with van der Waals surface area (Å²) in [4.78, 5) is 11.8. The first-order valence-electron chi connectivity index (χ1n) is 18.7. The number of hydroxylamine groups is 4. The van der Waals surface area contributed by atoms with Gasteiger partial charge in [0, 0.05) is 65.3 Å². The zero-order valence-corrected chi connectivity index (χ0v) is 36.1. The minimum atomic E-state index is -1.08. The normalized spacial score (nSPS) is 25.7. The van der Waals surface area contributed by atoms with Crippen molar-refractivity contribution in [3.63, 3.8) is 0 Å². The van der Waals surface area contributed by atoms with E-state index in [2.05, 4.69) is 103 Å². The molecule has 12 heteroatoms. The van der Waals surface area contributed by atoms with Crippen LogP contribution < -0.4 is 0 Å². The highest BCUT2D eigenvalue weighted by molar-refractivity contribution is 7.44. The molecule has 0 saturated carbocycles. The lowest BCUT2D eigenvalue weighted by Gasteiger charge is -2.56. The molecule has 0 aromatic carbocycles. The highest BCUT2D eigenvalue weighted by Gasteiger charge is 2.50. The van der Waals surface area contributed by atoms with Crippen LogP contribution in [0.2, 0.25) is 0 Å². The second kappa shape index (κ2) is 17.7. The van der Waals surface area contributed by atoms with Crippen molar-refractivity contribution in [3.8, 4) is 0 Å². The summed E-state index contributed by atoms with van der Waals surface area (Å²) in [5.41, 5.74) is -0.250. The summed E-state index contributed by atoms with van der Waals surface area (Å²) < 4.78 is 30.1. The van der Waals surface area contributed by atoms with E-state index in [1.165, 1.54) is 12.8 Å². The molecule has 3 aliphatic heterocycles. The molecule has 0 aliphatic carbocycles. The molecule has 0 bridgehead atoms. The third-order valence-corrected chi connectivity index (χ3v) is 13.2. The van der Waals surface area contributed by atoms with Crippen LogP contribution in [0.25, 0.3) is 0 Å². The summed E-state index contributed by atoms with van der Waals surface area (Å²) in [5.74, 6) is 0. The van der Waals surface area contributed by atoms with Crippen molar-refractivity contribution in [1.82, 2.24) is 19.5 Å². The lowest BCUT2D eigenvalue weighted by atomic mass is 9.79. The first-order chi connectivity index (χ1) is 22.6. The zero-order valence-electron chi connectivity index (χ0n) is 34.2. The van der Waals surface area contributed by atoms with E-state index in [-0.39, 0.29) is 33.0 Å². The quantitative estimate of drug-likeness (QED) is 0.101. The van der Waals surface area contributed by atoms with Crippen LogP contribution in [0.1, 0.15) is 134 Å². The Balaban J connectivity index is 1.63. The van der Waals surface area contributed by atoms with Crippen LogP contribution >= 0.6 is 17.5 Å². The summed E-state index contributed by atoms with van der Waals surface area (Å²) in [7, 11) is 4.65. The van der Waals surface area contributed by atoms with E-state index in [0.29, 0.717) is 34.3 Å². The number of nitrogens with zero attached hydrogens (tertiary/aromatic N) is 4. The first-order valence-corrected chi connectivity index (χ1v) is 20.7. The molecule has 0 spiro atoms. The van der Waals surface area contributed by atoms with Crippen molar-refractivity contribution in [1.29, 1.82) is 0 Å². The third kappa shape index (κ3) is 12.2. The van der Waals surface area contributed by atoms with Gasteiger partial charge in [-0.15, -0.1) is 0 Å². The maximum absolute atomic E-state index is 6.48. The molecule has 0 radical (unpaired) electrons. The summed E-state index contributed by atoms with van der Waals surface area (Å²) in [6.45, 7) is 32.3. The van der Waals surface area contributed by atoms with E-state index < -0.39 is 8.53 Å². The van der Waals surface area contributed by atoms with E-state index in [9.17, 15) is 0 Å². The molecule has 0 aromatic heterocycles. The van der Waals surface area contributed by atoms with E-state index in [1.54, 1.807) is 14.2 Å². The molecule has 3 aliphatic rings. The van der Waals surface area contributed by atoms with Crippen LogP contribution in [0.4, 0.5) is 0 Å². The van der Waals surface area contributed by atoms with Crippen molar-refractivity contribution in [2.24, 2.45) is 10.8 Å². The Labute approximate surface area is 304 Å². The number of piperidine rings is 2. The van der Waals surface area contributed by atoms with E-state index in [1.807, 2.05) is 7.11 Å². The molecule has 290 valence electrons. The van der Waals surface area contributed by atoms with Gasteiger partial charge in [0.2, 0.25) is 0 Å². The lowest BCUT2D eigenvalue weighted by Crippen LogP contribution is -2.63. The van der Waals surface area contributed by atoms with Crippen LogP contribution in [-0.2, 0) is 28.0 Å². The topological polar surface area (TPSA) is 68.3 Å². The highest BCUT2D eigenvalue weighted by atomic mass is 31.2. The largest absolute Gasteiger partial charge is 0.384 e. The van der Waals surface area contributed by atoms with Gasteiger partial charge in [0.1, 0.15) is 0 Å². The fourth-order valence-electron chi connectivity index (χ4n) is 8.88. The third-order valence-electron chi connectivity index (χ3n) is 10.4. The van der Waals surface area contributed by atoms with Crippen LogP contribution in [0.3, 0.4) is 0 Å². The Bertz CT molecular complexity index is 967. The average molecular weight is 735 g/mol. The molecule has 3 rings (SSSR count). The number of methoxy groups -OCH3 is 1. The van der Waals surface area contributed by atoms with Crippen molar-refractivity contribution < 1.29 is 28.0 Å². The molecular formula is C37H76N4O6P2. The fraction of sp³-hybridized carbons (Fsp3) is 1.00. The van der Waals surface area contributed by atoms with Gasteiger partial charge in [0.25, 0.3) is 8.53 Å². The predicted molar refractivity (Wildman–Crippen MR) is 204 cm³/mol. The van der Waals surface area contributed by atoms with Crippen molar-refractivity contribution in [2.45, 2.75) is 169 Å². The molecule has 0 aromatic rings. The van der Waals surface area contributed by atoms with Gasteiger partial charge >= 0.3 is 0 Å². The number of hydrogen-bond acceptors (Lipinski definition) is 10. The second-order valence-corrected chi connectivity index (χ2v) is 21.6. The summed E-state index contributed by atoms with van der Waals surface area (Å²) in [5, 5.41) is 4.40. The predicted octanol–water partition coefficient (Wildman–Crippen LogP) is 8.81. The van der Waals surface area contributed by atoms with Crippen molar-refractivity contribution in [2.75, 3.05) is 60.8 Å². The van der Waals surface area contributed by atoms with E-state index in [4.69, 9.17) is 28.0 Å². The number of unbranched alkanes of at least 4 members (excludes halogenated alkanes) is 3. The number of hydrogen-bond donors (Lipinski definition) is 0. The average Bonchev–Trinajstić information content (AvgIpc) is 2.94. The maximum Gasteiger partial charge on any atom is 0.259 e. The molecule has 3 heterocycles. The summed E-state index contributed by atoms with van der Waals surface area (Å²) in [6.07, 6.45) is 8.81. The zero-order chi connectivity index (χ0) is 36.9. The molecule has 0 amide bonds. The van der Waals surface area contributed by atoms with Gasteiger partial charge in [-0.25, -0.2) is 4.67 Å². The Kier molecular flexibility index (Phi) is 15.9. The minimum Gasteiger partial charge on any atom is -0.384 e. The maximum atomic E-state index is 6.48. The van der Waals surface area contributed by atoms with Crippen LogP contribution in [0, 0.1) is 10.8 Å². The first kappa shape index (κ1) is 43.9. The van der Waals surface area contributed by atoms with E-state index >= 15 is 0 Å². The van der Waals surface area contributed by atoms with Crippen molar-refractivity contribution in [3.05, 3.63) is 0 Å². The van der Waals surface area contributed by atoms with Crippen molar-refractivity contribution >= 4 is 17.5 Å². The van der Waals surface area contributed by atoms with Crippen LogP contribution in [0.15, 0.2) is 0 Å². The number of rotatable bonds is 18. The molecule has 3 fully saturated rings. The van der Waals surface area contributed by atoms with Crippen LogP contribution in [-0.4, -0.2) is 115 Å². The molecular weight excluding hydrogens is 658 g/mol. The van der Waals surface area contributed by atoms with Gasteiger partial charge in [-0.3, -0.25) is 4.67 Å². The molecule has 1 unspecified atom stereocenters. The molecule has 3 saturated heterocycles. The highest BCUT2D eigenvalue weighted by Crippen LogP contribution is 2.53. The summed E-state index contributed by atoms with van der Waals surface area (Å²) in [6, 6.07) is 0.817. The summed E-state index contributed by atoms with van der Waals surface area (Å²) >= 11 is 0. The molecule has 49 heavy (non-hydrogen) atoms. The van der Waals surface area contributed by atoms with Gasteiger partial charge in [-0.2, -0.15) is 10.1 Å².